The zero-order chi connectivity index (χ0) is 9.10. The Morgan fingerprint density at radius 3 is 3.15 bits per heavy atom. The first-order valence-corrected chi connectivity index (χ1v) is 5.07. The molecule has 4 heteroatoms. The molecule has 70 valence electrons. The predicted molar refractivity (Wildman–Crippen MR) is 53.5 cm³/mol. The van der Waals surface area contributed by atoms with E-state index in [9.17, 15) is 0 Å². The minimum absolute atomic E-state index is 0.291. The quantitative estimate of drug-likeness (QED) is 0.811. The van der Waals surface area contributed by atoms with Crippen LogP contribution >= 0.6 is 15.9 Å². The van der Waals surface area contributed by atoms with Crippen molar-refractivity contribution >= 4 is 15.9 Å². The maximum absolute atomic E-state index is 5.37. The summed E-state index contributed by atoms with van der Waals surface area (Å²) in [5.74, 6) is 0. The lowest BCUT2D eigenvalue weighted by Crippen LogP contribution is -2.34. The average Bonchev–Trinajstić information content (AvgIpc) is 2.19. The van der Waals surface area contributed by atoms with Crippen LogP contribution in [0.3, 0.4) is 0 Å². The monoisotopic (exact) mass is 242 g/mol. The van der Waals surface area contributed by atoms with E-state index in [-0.39, 0.29) is 0 Å². The first-order chi connectivity index (χ1) is 6.36. The van der Waals surface area contributed by atoms with Crippen molar-refractivity contribution in [2.75, 3.05) is 19.8 Å². The first kappa shape index (κ1) is 9.12. The van der Waals surface area contributed by atoms with E-state index in [1.54, 1.807) is 6.20 Å². The van der Waals surface area contributed by atoms with Gasteiger partial charge < -0.3 is 10.1 Å². The lowest BCUT2D eigenvalue weighted by atomic mass is 10.1. The number of aromatic nitrogens is 1. The Kier molecular flexibility index (Phi) is 2.93. The number of morpholine rings is 1. The van der Waals surface area contributed by atoms with Gasteiger partial charge in [0.2, 0.25) is 0 Å². The number of rotatable bonds is 1. The highest BCUT2D eigenvalue weighted by Crippen LogP contribution is 2.18. The summed E-state index contributed by atoms with van der Waals surface area (Å²) in [6.45, 7) is 2.45. The second-order valence-electron chi connectivity index (χ2n) is 3.02. The van der Waals surface area contributed by atoms with Crippen molar-refractivity contribution in [2.24, 2.45) is 0 Å². The van der Waals surface area contributed by atoms with Gasteiger partial charge in [0, 0.05) is 23.4 Å². The maximum atomic E-state index is 5.37. The van der Waals surface area contributed by atoms with E-state index in [0.717, 1.165) is 24.2 Å². The zero-order valence-corrected chi connectivity index (χ0v) is 8.75. The van der Waals surface area contributed by atoms with E-state index in [1.807, 2.05) is 6.20 Å². The van der Waals surface area contributed by atoms with Crippen LogP contribution in [0, 0.1) is 0 Å². The third kappa shape index (κ3) is 2.27. The molecule has 2 heterocycles. The Hall–Kier alpha value is -0.450. The van der Waals surface area contributed by atoms with E-state index in [0.29, 0.717) is 6.04 Å². The summed E-state index contributed by atoms with van der Waals surface area (Å²) in [5, 5.41) is 3.38. The lowest BCUT2D eigenvalue weighted by Gasteiger charge is -2.23. The van der Waals surface area contributed by atoms with E-state index >= 15 is 0 Å². The van der Waals surface area contributed by atoms with Crippen LogP contribution in [0.1, 0.15) is 11.6 Å². The lowest BCUT2D eigenvalue weighted by molar-refractivity contribution is 0.0767. The molecule has 0 bridgehead atoms. The topological polar surface area (TPSA) is 34.1 Å². The molecule has 0 aliphatic carbocycles. The molecule has 0 saturated carbocycles. The summed E-state index contributed by atoms with van der Waals surface area (Å²) in [7, 11) is 0. The first-order valence-electron chi connectivity index (χ1n) is 4.28. The second kappa shape index (κ2) is 4.17. The van der Waals surface area contributed by atoms with Crippen LogP contribution in [0.4, 0.5) is 0 Å². The van der Waals surface area contributed by atoms with E-state index < -0.39 is 0 Å². The normalized spacial score (nSPS) is 23.0. The highest BCUT2D eigenvalue weighted by molar-refractivity contribution is 9.10. The van der Waals surface area contributed by atoms with Gasteiger partial charge in [0.1, 0.15) is 0 Å². The third-order valence-electron chi connectivity index (χ3n) is 2.05. The molecule has 3 nitrogen and oxygen atoms in total. The van der Waals surface area contributed by atoms with E-state index in [4.69, 9.17) is 4.74 Å². The van der Waals surface area contributed by atoms with Gasteiger partial charge in [-0.3, -0.25) is 4.98 Å². The predicted octanol–water partition coefficient (Wildman–Crippen LogP) is 1.50. The Morgan fingerprint density at radius 2 is 2.46 bits per heavy atom. The van der Waals surface area contributed by atoms with Crippen LogP contribution in [0.2, 0.25) is 0 Å². The van der Waals surface area contributed by atoms with Crippen molar-refractivity contribution in [1.82, 2.24) is 10.3 Å². The molecule has 1 N–H and O–H groups in total. The average molecular weight is 243 g/mol. The fourth-order valence-corrected chi connectivity index (χ4v) is 1.78. The molecule has 0 aromatic carbocycles. The Morgan fingerprint density at radius 1 is 1.54 bits per heavy atom. The smallest absolute Gasteiger partial charge is 0.0662 e. The van der Waals surface area contributed by atoms with Gasteiger partial charge in [-0.25, -0.2) is 0 Å². The molecule has 0 amide bonds. The molecular formula is C9H11BrN2O. The SMILES string of the molecule is Brc1cncc([C@H]2COCCN2)c1. The van der Waals surface area contributed by atoms with E-state index in [2.05, 4.69) is 32.3 Å². The zero-order valence-electron chi connectivity index (χ0n) is 7.16. The number of hydrogen-bond donors (Lipinski definition) is 1. The minimum atomic E-state index is 0.291. The molecule has 0 spiro atoms. The van der Waals surface area contributed by atoms with Gasteiger partial charge in [-0.1, -0.05) is 0 Å². The molecule has 0 radical (unpaired) electrons. The summed E-state index contributed by atoms with van der Waals surface area (Å²) in [4.78, 5) is 4.12. The van der Waals surface area contributed by atoms with Crippen molar-refractivity contribution < 1.29 is 4.74 Å². The van der Waals surface area contributed by atoms with Gasteiger partial charge in [0.15, 0.2) is 0 Å². The number of halogens is 1. The fourth-order valence-electron chi connectivity index (χ4n) is 1.40. The van der Waals surface area contributed by atoms with Crippen molar-refractivity contribution in [3.8, 4) is 0 Å². The Labute approximate surface area is 85.6 Å². The number of ether oxygens (including phenoxy) is 1. The van der Waals surface area contributed by atoms with Crippen LogP contribution in [0.5, 0.6) is 0 Å². The molecule has 0 unspecified atom stereocenters. The maximum Gasteiger partial charge on any atom is 0.0662 e. The standard InChI is InChI=1S/C9H11BrN2O/c10-8-3-7(4-11-5-8)9-6-13-2-1-12-9/h3-5,9,12H,1-2,6H2/t9-/m1/s1. The van der Waals surface area contributed by atoms with Crippen LogP contribution in [0.15, 0.2) is 22.9 Å². The molecule has 1 saturated heterocycles. The summed E-state index contributed by atoms with van der Waals surface area (Å²) in [6.07, 6.45) is 3.66. The molecule has 2 rings (SSSR count). The molecule has 1 fully saturated rings. The summed E-state index contributed by atoms with van der Waals surface area (Å²) < 4.78 is 6.38. The summed E-state index contributed by atoms with van der Waals surface area (Å²) in [6, 6.07) is 2.36. The largest absolute Gasteiger partial charge is 0.378 e. The number of hydrogen-bond acceptors (Lipinski definition) is 3. The molecular weight excluding hydrogens is 232 g/mol. The van der Waals surface area contributed by atoms with Gasteiger partial charge in [-0.05, 0) is 27.6 Å². The van der Waals surface area contributed by atoms with Crippen LogP contribution < -0.4 is 5.32 Å². The number of nitrogens with zero attached hydrogens (tertiary/aromatic N) is 1. The van der Waals surface area contributed by atoms with Crippen LogP contribution in [0.25, 0.3) is 0 Å². The Balaban J connectivity index is 2.14. The molecule has 1 aromatic heterocycles. The van der Waals surface area contributed by atoms with Crippen LogP contribution in [-0.2, 0) is 4.74 Å². The molecule has 13 heavy (non-hydrogen) atoms. The van der Waals surface area contributed by atoms with Crippen molar-refractivity contribution in [3.63, 3.8) is 0 Å². The van der Waals surface area contributed by atoms with Crippen molar-refractivity contribution in [1.29, 1.82) is 0 Å². The summed E-state index contributed by atoms with van der Waals surface area (Å²) >= 11 is 3.40. The van der Waals surface area contributed by atoms with Gasteiger partial charge in [-0.2, -0.15) is 0 Å². The third-order valence-corrected chi connectivity index (χ3v) is 2.48. The van der Waals surface area contributed by atoms with E-state index in [1.165, 1.54) is 5.56 Å². The Bertz CT molecular complexity index is 287. The van der Waals surface area contributed by atoms with Gasteiger partial charge in [0.05, 0.1) is 19.3 Å². The van der Waals surface area contributed by atoms with Crippen LogP contribution in [-0.4, -0.2) is 24.7 Å². The number of pyridine rings is 1. The molecule has 1 aromatic rings. The summed E-state index contributed by atoms with van der Waals surface area (Å²) in [5.41, 5.74) is 1.18. The minimum Gasteiger partial charge on any atom is -0.378 e. The van der Waals surface area contributed by atoms with Gasteiger partial charge >= 0.3 is 0 Å². The fraction of sp³-hybridized carbons (Fsp3) is 0.444. The van der Waals surface area contributed by atoms with Gasteiger partial charge in [-0.15, -0.1) is 0 Å². The molecule has 1 aliphatic heterocycles. The molecule has 1 atom stereocenters. The van der Waals surface area contributed by atoms with Crippen molar-refractivity contribution in [3.05, 3.63) is 28.5 Å². The second-order valence-corrected chi connectivity index (χ2v) is 3.93. The highest BCUT2D eigenvalue weighted by atomic mass is 79.9. The molecule has 1 aliphatic rings. The number of nitrogens with one attached hydrogen (secondary N) is 1. The van der Waals surface area contributed by atoms with Gasteiger partial charge in [0.25, 0.3) is 0 Å². The highest BCUT2D eigenvalue weighted by Gasteiger charge is 2.15. The van der Waals surface area contributed by atoms with Crippen molar-refractivity contribution in [2.45, 2.75) is 6.04 Å².